The zero-order chi connectivity index (χ0) is 24.3. The zero-order valence-electron chi connectivity index (χ0n) is 18.9. The van der Waals surface area contributed by atoms with E-state index >= 15 is 0 Å². The molecule has 1 aromatic carbocycles. The molecule has 0 spiro atoms. The molecule has 4 heterocycles. The molecule has 0 aliphatic carbocycles. The maximum Gasteiger partial charge on any atom is 0.171 e. The number of nitrogen functional groups attached to an aromatic ring is 1. The van der Waals surface area contributed by atoms with Gasteiger partial charge in [0.25, 0.3) is 0 Å². The van der Waals surface area contributed by atoms with E-state index in [2.05, 4.69) is 9.97 Å². The first-order valence-electron chi connectivity index (χ1n) is 10.8. The number of halogens is 2. The van der Waals surface area contributed by atoms with E-state index in [0.29, 0.717) is 6.61 Å². The summed E-state index contributed by atoms with van der Waals surface area (Å²) in [6.45, 7) is 6.28. The monoisotopic (exact) mass is 498 g/mol. The second-order valence-corrected chi connectivity index (χ2v) is 10.5. The molecule has 0 radical (unpaired) electrons. The quantitative estimate of drug-likeness (QED) is 0.370. The molecule has 34 heavy (non-hydrogen) atoms. The van der Waals surface area contributed by atoms with Crippen LogP contribution in [-0.4, -0.2) is 22.4 Å². The van der Waals surface area contributed by atoms with Crippen molar-refractivity contribution in [1.82, 2.24) is 9.97 Å². The number of benzene rings is 1. The summed E-state index contributed by atoms with van der Waals surface area (Å²) in [6, 6.07) is 11.1. The fourth-order valence-electron chi connectivity index (χ4n) is 4.32. The van der Waals surface area contributed by atoms with Crippen molar-refractivity contribution in [3.63, 3.8) is 0 Å². The zero-order valence-corrected chi connectivity index (χ0v) is 20.5. The van der Waals surface area contributed by atoms with Crippen LogP contribution in [0.4, 0.5) is 10.2 Å². The van der Waals surface area contributed by atoms with Crippen LogP contribution in [0.3, 0.4) is 0 Å². The van der Waals surface area contributed by atoms with Gasteiger partial charge in [-0.25, -0.2) is 9.37 Å². The Balaban J connectivity index is 1.57. The van der Waals surface area contributed by atoms with Crippen LogP contribution in [0.5, 0.6) is 0 Å². The van der Waals surface area contributed by atoms with Crippen molar-refractivity contribution in [3.05, 3.63) is 75.6 Å². The minimum Gasteiger partial charge on any atom is -0.381 e. The van der Waals surface area contributed by atoms with E-state index in [1.807, 2.05) is 57.2 Å². The Hall–Kier alpha value is -2.62. The van der Waals surface area contributed by atoms with Crippen molar-refractivity contribution >= 4 is 38.8 Å². The maximum absolute atomic E-state index is 14.7. The molecule has 2 atom stereocenters. The van der Waals surface area contributed by atoms with Crippen molar-refractivity contribution in [3.8, 4) is 11.3 Å². The standard InChI is InChI=1S/C25H24ClFN4O2S/c1-24(2)32-12-25(3,33-24)14-7-8-30-17(10-14)15-6-4-5-13-9-18(34-22(13)15)21(28)19-16(26)11-31-23(29)20(19)27/h4-11,21H,12,28H2,1-3H3,(H2,29,31)/t21-,25-/m0/s1. The van der Waals surface area contributed by atoms with E-state index in [-0.39, 0.29) is 16.4 Å². The molecule has 3 aromatic heterocycles. The van der Waals surface area contributed by atoms with Crippen LogP contribution in [0.2, 0.25) is 5.02 Å². The summed E-state index contributed by atoms with van der Waals surface area (Å²) in [5.74, 6) is -1.57. The number of anilines is 1. The summed E-state index contributed by atoms with van der Waals surface area (Å²) in [6.07, 6.45) is 3.10. The SMILES string of the molecule is CC1(C)OC[C@@](C)(c2ccnc(-c3cccc4cc([C@H](N)c5c(Cl)cnc(N)c5F)sc34)c2)O1. The van der Waals surface area contributed by atoms with Crippen LogP contribution in [0.15, 0.2) is 48.8 Å². The fourth-order valence-corrected chi connectivity index (χ4v) is 5.77. The Kier molecular flexibility index (Phi) is 5.61. The van der Waals surface area contributed by atoms with Gasteiger partial charge in [-0.15, -0.1) is 11.3 Å². The number of thiophene rings is 1. The molecule has 0 saturated carbocycles. The normalized spacial score (nSPS) is 20.6. The molecular weight excluding hydrogens is 475 g/mol. The third-order valence-electron chi connectivity index (χ3n) is 6.03. The Bertz CT molecular complexity index is 1410. The lowest BCUT2D eigenvalue weighted by Crippen LogP contribution is -2.28. The Labute approximate surface area is 205 Å². The number of aromatic nitrogens is 2. The molecule has 6 nitrogen and oxygen atoms in total. The second-order valence-electron chi connectivity index (χ2n) is 9.02. The number of rotatable bonds is 4. The van der Waals surface area contributed by atoms with Crippen LogP contribution in [0.25, 0.3) is 21.3 Å². The minimum atomic E-state index is -0.785. The smallest absolute Gasteiger partial charge is 0.171 e. The first-order chi connectivity index (χ1) is 16.1. The first-order valence-corrected chi connectivity index (χ1v) is 12.0. The van der Waals surface area contributed by atoms with Crippen molar-refractivity contribution in [2.24, 2.45) is 5.73 Å². The van der Waals surface area contributed by atoms with Gasteiger partial charge in [-0.1, -0.05) is 29.8 Å². The average Bonchev–Trinajstić information content (AvgIpc) is 3.37. The van der Waals surface area contributed by atoms with E-state index in [0.717, 1.165) is 31.8 Å². The summed E-state index contributed by atoms with van der Waals surface area (Å²) in [5, 5.41) is 1.12. The topological polar surface area (TPSA) is 96.3 Å². The molecule has 176 valence electrons. The minimum absolute atomic E-state index is 0.135. The lowest BCUT2D eigenvalue weighted by atomic mass is 9.96. The molecule has 9 heteroatoms. The molecule has 1 aliphatic heterocycles. The molecule has 4 N–H and O–H groups in total. The summed E-state index contributed by atoms with van der Waals surface area (Å²) in [4.78, 5) is 9.14. The third-order valence-corrected chi connectivity index (χ3v) is 7.60. The number of hydrogen-bond donors (Lipinski definition) is 2. The maximum atomic E-state index is 14.7. The van der Waals surface area contributed by atoms with Gasteiger partial charge >= 0.3 is 0 Å². The summed E-state index contributed by atoms with van der Waals surface area (Å²) >= 11 is 7.69. The number of hydrogen-bond acceptors (Lipinski definition) is 7. The van der Waals surface area contributed by atoms with Gasteiger partial charge in [-0.05, 0) is 49.9 Å². The van der Waals surface area contributed by atoms with Gasteiger partial charge in [0.05, 0.1) is 23.4 Å². The summed E-state index contributed by atoms with van der Waals surface area (Å²) in [5.41, 5.74) is 14.4. The van der Waals surface area contributed by atoms with Gasteiger partial charge in [-0.3, -0.25) is 4.98 Å². The molecule has 5 rings (SSSR count). The fraction of sp³-hybridized carbons (Fsp3) is 0.280. The molecular formula is C25H24ClFN4O2S. The van der Waals surface area contributed by atoms with Crippen molar-refractivity contribution in [1.29, 1.82) is 0 Å². The van der Waals surface area contributed by atoms with Gasteiger partial charge in [0.1, 0.15) is 5.60 Å². The number of nitrogens with two attached hydrogens (primary N) is 2. The molecule has 0 unspecified atom stereocenters. The second kappa shape index (κ2) is 8.25. The Morgan fingerprint density at radius 1 is 1.18 bits per heavy atom. The third kappa shape index (κ3) is 3.95. The van der Waals surface area contributed by atoms with Crippen LogP contribution in [0.1, 0.15) is 42.8 Å². The highest BCUT2D eigenvalue weighted by Gasteiger charge is 2.43. The van der Waals surface area contributed by atoms with E-state index in [9.17, 15) is 4.39 Å². The molecule has 1 fully saturated rings. The van der Waals surface area contributed by atoms with Crippen LogP contribution in [0, 0.1) is 5.82 Å². The van der Waals surface area contributed by atoms with E-state index in [1.54, 1.807) is 6.20 Å². The van der Waals surface area contributed by atoms with Crippen LogP contribution in [-0.2, 0) is 15.1 Å². The molecule has 0 bridgehead atoms. The van der Waals surface area contributed by atoms with Gasteiger partial charge in [0, 0.05) is 33.1 Å². The first kappa shape index (κ1) is 23.1. The van der Waals surface area contributed by atoms with E-state index in [1.165, 1.54) is 17.5 Å². The van der Waals surface area contributed by atoms with Crippen molar-refractivity contribution in [2.45, 2.75) is 38.2 Å². The number of nitrogens with zero attached hydrogens (tertiary/aromatic N) is 2. The average molecular weight is 499 g/mol. The van der Waals surface area contributed by atoms with Crippen molar-refractivity contribution < 1.29 is 13.9 Å². The van der Waals surface area contributed by atoms with Gasteiger partial charge in [-0.2, -0.15) is 0 Å². The Morgan fingerprint density at radius 3 is 2.71 bits per heavy atom. The number of ether oxygens (including phenoxy) is 2. The number of fused-ring (bicyclic) bond motifs is 1. The lowest BCUT2D eigenvalue weighted by Gasteiger charge is -2.25. The van der Waals surface area contributed by atoms with Gasteiger partial charge in [0.2, 0.25) is 0 Å². The largest absolute Gasteiger partial charge is 0.381 e. The molecule has 1 saturated heterocycles. The molecule has 1 aliphatic rings. The molecule has 4 aromatic rings. The predicted octanol–water partition coefficient (Wildman–Crippen LogP) is 5.78. The van der Waals surface area contributed by atoms with Crippen LogP contribution >= 0.6 is 22.9 Å². The highest BCUT2D eigenvalue weighted by Crippen LogP contribution is 2.42. The highest BCUT2D eigenvalue weighted by molar-refractivity contribution is 7.19. The van der Waals surface area contributed by atoms with Gasteiger partial charge in [0.15, 0.2) is 17.4 Å². The lowest BCUT2D eigenvalue weighted by molar-refractivity contribution is -0.159. The predicted molar refractivity (Wildman–Crippen MR) is 133 cm³/mol. The van der Waals surface area contributed by atoms with Crippen molar-refractivity contribution in [2.75, 3.05) is 12.3 Å². The van der Waals surface area contributed by atoms with E-state index < -0.39 is 23.2 Å². The highest BCUT2D eigenvalue weighted by atomic mass is 35.5. The summed E-state index contributed by atoms with van der Waals surface area (Å²) in [7, 11) is 0. The number of pyridine rings is 2. The van der Waals surface area contributed by atoms with Gasteiger partial charge < -0.3 is 20.9 Å². The van der Waals surface area contributed by atoms with Crippen LogP contribution < -0.4 is 11.5 Å². The Morgan fingerprint density at radius 2 is 1.97 bits per heavy atom. The van der Waals surface area contributed by atoms with E-state index in [4.69, 9.17) is 32.5 Å². The molecule has 0 amide bonds. The summed E-state index contributed by atoms with van der Waals surface area (Å²) < 4.78 is 27.7.